The van der Waals surface area contributed by atoms with E-state index in [4.69, 9.17) is 10.5 Å². The van der Waals surface area contributed by atoms with Crippen molar-refractivity contribution in [1.29, 1.82) is 0 Å². The average molecular weight is 373 g/mol. The molecular formula is C18H16FN3O3S. The number of aryl methyl sites for hydroxylation is 1. The number of hydrogen-bond donors (Lipinski definition) is 2. The zero-order valence-electron chi connectivity index (χ0n) is 13.9. The van der Waals surface area contributed by atoms with Gasteiger partial charge in [-0.1, -0.05) is 0 Å². The van der Waals surface area contributed by atoms with E-state index in [1.165, 1.54) is 25.4 Å². The number of anilines is 3. The molecule has 26 heavy (non-hydrogen) atoms. The van der Waals surface area contributed by atoms with Crippen LogP contribution in [-0.4, -0.2) is 26.3 Å². The third kappa shape index (κ3) is 2.53. The number of halogens is 1. The number of fused-ring (bicyclic) bond motifs is 3. The van der Waals surface area contributed by atoms with Crippen molar-refractivity contribution < 1.29 is 17.5 Å². The Hall–Kier alpha value is -2.87. The molecule has 3 N–H and O–H groups in total. The fourth-order valence-electron chi connectivity index (χ4n) is 3.26. The molecule has 0 aliphatic carbocycles. The van der Waals surface area contributed by atoms with Gasteiger partial charge in [0.1, 0.15) is 0 Å². The molecule has 0 saturated carbocycles. The number of nitrogens with zero attached hydrogens (tertiary/aromatic N) is 1. The first-order valence-electron chi connectivity index (χ1n) is 7.94. The minimum atomic E-state index is -3.29. The lowest BCUT2D eigenvalue weighted by Gasteiger charge is -2.15. The first kappa shape index (κ1) is 16.6. The summed E-state index contributed by atoms with van der Waals surface area (Å²) in [5.74, 6) is -0.315. The Morgan fingerprint density at radius 3 is 2.81 bits per heavy atom. The van der Waals surface area contributed by atoms with E-state index in [0.717, 1.165) is 0 Å². The van der Waals surface area contributed by atoms with Crippen LogP contribution in [0.25, 0.3) is 10.9 Å². The highest BCUT2D eigenvalue weighted by molar-refractivity contribution is 7.91. The Morgan fingerprint density at radius 1 is 1.27 bits per heavy atom. The van der Waals surface area contributed by atoms with Crippen LogP contribution in [0.1, 0.15) is 5.56 Å². The number of ether oxygens (including phenoxy) is 1. The van der Waals surface area contributed by atoms with Crippen molar-refractivity contribution in [3.05, 3.63) is 47.9 Å². The van der Waals surface area contributed by atoms with Crippen LogP contribution in [0.3, 0.4) is 0 Å². The standard InChI is InChI=1S/C18H16FN3O3S/c1-25-15-4-2-10(8-12(15)19)22-18-13(20)9-21-14-3-5-16-11(17(14)18)6-7-26(16,23)24/h2-5,8-9H,6-7,20H2,1H3,(H,21,22). The Kier molecular flexibility index (Phi) is 3.73. The molecule has 0 spiro atoms. The van der Waals surface area contributed by atoms with E-state index in [-0.39, 0.29) is 11.5 Å². The number of pyridine rings is 1. The quantitative estimate of drug-likeness (QED) is 0.733. The second-order valence-electron chi connectivity index (χ2n) is 6.07. The van der Waals surface area contributed by atoms with Gasteiger partial charge in [0.2, 0.25) is 0 Å². The van der Waals surface area contributed by atoms with Gasteiger partial charge in [-0.05, 0) is 36.2 Å². The summed E-state index contributed by atoms with van der Waals surface area (Å²) in [7, 11) is -1.90. The zero-order chi connectivity index (χ0) is 18.5. The molecule has 2 heterocycles. The Morgan fingerprint density at radius 2 is 2.08 bits per heavy atom. The molecule has 0 saturated heterocycles. The van der Waals surface area contributed by atoms with Crippen LogP contribution in [0.4, 0.5) is 21.5 Å². The van der Waals surface area contributed by atoms with Crippen LogP contribution in [0.5, 0.6) is 5.75 Å². The van der Waals surface area contributed by atoms with Crippen LogP contribution in [0.2, 0.25) is 0 Å². The van der Waals surface area contributed by atoms with Gasteiger partial charge >= 0.3 is 0 Å². The van der Waals surface area contributed by atoms with E-state index in [2.05, 4.69) is 10.3 Å². The van der Waals surface area contributed by atoms with Crippen LogP contribution < -0.4 is 15.8 Å². The topological polar surface area (TPSA) is 94.3 Å². The molecule has 0 fully saturated rings. The molecule has 0 bridgehead atoms. The molecule has 1 aromatic heterocycles. The fourth-order valence-corrected chi connectivity index (χ4v) is 4.81. The zero-order valence-corrected chi connectivity index (χ0v) is 14.7. The Balaban J connectivity index is 1.91. The van der Waals surface area contributed by atoms with Crippen LogP contribution in [0.15, 0.2) is 41.4 Å². The van der Waals surface area contributed by atoms with Gasteiger partial charge < -0.3 is 15.8 Å². The van der Waals surface area contributed by atoms with Gasteiger partial charge in [0.15, 0.2) is 21.4 Å². The summed E-state index contributed by atoms with van der Waals surface area (Å²) in [5.41, 5.74) is 8.77. The van der Waals surface area contributed by atoms with Gasteiger partial charge in [-0.2, -0.15) is 0 Å². The molecule has 134 valence electrons. The third-order valence-corrected chi connectivity index (χ3v) is 6.30. The summed E-state index contributed by atoms with van der Waals surface area (Å²) in [6.45, 7) is 0. The van der Waals surface area contributed by atoms with Crippen molar-refractivity contribution in [3.63, 3.8) is 0 Å². The summed E-state index contributed by atoms with van der Waals surface area (Å²) in [6.07, 6.45) is 1.90. The van der Waals surface area contributed by atoms with E-state index in [1.54, 1.807) is 18.2 Å². The van der Waals surface area contributed by atoms with Crippen molar-refractivity contribution >= 4 is 37.8 Å². The van der Waals surface area contributed by atoms with Gasteiger partial charge in [-0.25, -0.2) is 12.8 Å². The normalized spacial score (nSPS) is 15.0. The Labute approximate surface area is 149 Å². The molecule has 1 aliphatic rings. The van der Waals surface area contributed by atoms with Crippen LogP contribution in [-0.2, 0) is 16.3 Å². The Bertz CT molecular complexity index is 1150. The number of aromatic nitrogens is 1. The second kappa shape index (κ2) is 5.84. The van der Waals surface area contributed by atoms with Crippen molar-refractivity contribution in [1.82, 2.24) is 4.98 Å². The number of nitrogen functional groups attached to an aromatic ring is 1. The molecule has 8 heteroatoms. The van der Waals surface area contributed by atoms with Gasteiger partial charge in [0.05, 0.1) is 40.8 Å². The monoisotopic (exact) mass is 373 g/mol. The maximum Gasteiger partial charge on any atom is 0.179 e. The molecule has 0 atom stereocenters. The molecule has 2 aromatic carbocycles. The lowest BCUT2D eigenvalue weighted by Crippen LogP contribution is -2.02. The maximum atomic E-state index is 14.0. The van der Waals surface area contributed by atoms with Gasteiger partial charge in [-0.3, -0.25) is 4.98 Å². The first-order valence-corrected chi connectivity index (χ1v) is 9.59. The number of nitrogens with two attached hydrogens (primary N) is 1. The summed E-state index contributed by atoms with van der Waals surface area (Å²) in [6, 6.07) is 7.71. The van der Waals surface area contributed by atoms with Crippen LogP contribution in [0, 0.1) is 5.82 Å². The van der Waals surface area contributed by atoms with Gasteiger partial charge in [0.25, 0.3) is 0 Å². The van der Waals surface area contributed by atoms with Crippen molar-refractivity contribution in [2.45, 2.75) is 11.3 Å². The number of methoxy groups -OCH3 is 1. The number of sulfone groups is 1. The highest BCUT2D eigenvalue weighted by atomic mass is 32.2. The fraction of sp³-hybridized carbons (Fsp3) is 0.167. The van der Waals surface area contributed by atoms with E-state index in [0.29, 0.717) is 44.8 Å². The molecule has 1 aliphatic heterocycles. The SMILES string of the molecule is COc1ccc(Nc2c(N)cnc3ccc4c(c23)CCS4(=O)=O)cc1F. The summed E-state index contributed by atoms with van der Waals surface area (Å²) < 4.78 is 43.4. The number of hydrogen-bond acceptors (Lipinski definition) is 6. The second-order valence-corrected chi connectivity index (χ2v) is 8.15. The van der Waals surface area contributed by atoms with Crippen molar-refractivity contribution in [2.75, 3.05) is 23.9 Å². The minimum Gasteiger partial charge on any atom is -0.494 e. The highest BCUT2D eigenvalue weighted by Crippen LogP contribution is 2.39. The molecular weight excluding hydrogens is 357 g/mol. The van der Waals surface area contributed by atoms with Crippen molar-refractivity contribution in [2.24, 2.45) is 0 Å². The third-order valence-electron chi connectivity index (χ3n) is 4.51. The number of nitrogens with one attached hydrogen (secondary N) is 1. The summed E-state index contributed by atoms with van der Waals surface area (Å²) >= 11 is 0. The summed E-state index contributed by atoms with van der Waals surface area (Å²) in [5, 5.41) is 3.76. The number of rotatable bonds is 3. The predicted molar refractivity (Wildman–Crippen MR) is 98.1 cm³/mol. The minimum absolute atomic E-state index is 0.0624. The summed E-state index contributed by atoms with van der Waals surface area (Å²) in [4.78, 5) is 4.61. The van der Waals surface area contributed by atoms with E-state index in [1.807, 2.05) is 0 Å². The van der Waals surface area contributed by atoms with E-state index in [9.17, 15) is 12.8 Å². The largest absolute Gasteiger partial charge is 0.494 e. The van der Waals surface area contributed by atoms with E-state index >= 15 is 0 Å². The molecule has 4 rings (SSSR count). The maximum absolute atomic E-state index is 14.0. The highest BCUT2D eigenvalue weighted by Gasteiger charge is 2.29. The lowest BCUT2D eigenvalue weighted by atomic mass is 10.0. The van der Waals surface area contributed by atoms with Crippen molar-refractivity contribution in [3.8, 4) is 5.75 Å². The lowest BCUT2D eigenvalue weighted by molar-refractivity contribution is 0.386. The molecule has 3 aromatic rings. The molecule has 6 nitrogen and oxygen atoms in total. The smallest absolute Gasteiger partial charge is 0.179 e. The molecule has 0 radical (unpaired) electrons. The van der Waals surface area contributed by atoms with Gasteiger partial charge in [0, 0.05) is 17.1 Å². The van der Waals surface area contributed by atoms with E-state index < -0.39 is 15.7 Å². The average Bonchev–Trinajstić information content (AvgIpc) is 2.92. The molecule has 0 unspecified atom stereocenters. The first-order chi connectivity index (χ1) is 12.4. The van der Waals surface area contributed by atoms with Crippen LogP contribution >= 0.6 is 0 Å². The predicted octanol–water partition coefficient (Wildman–Crippen LogP) is 3.04. The molecule has 0 amide bonds. The number of benzene rings is 2. The van der Waals surface area contributed by atoms with Gasteiger partial charge in [-0.15, -0.1) is 0 Å².